The van der Waals surface area contributed by atoms with Gasteiger partial charge in [0.05, 0.1) is 10.5 Å². The highest BCUT2D eigenvalue weighted by atomic mass is 35.5. The monoisotopic (exact) mass is 303 g/mol. The van der Waals surface area contributed by atoms with E-state index in [-0.39, 0.29) is 0 Å². The molecule has 2 rings (SSSR count). The predicted molar refractivity (Wildman–Crippen MR) is 77.4 cm³/mol. The molecule has 1 unspecified atom stereocenters. The molecule has 0 aliphatic carbocycles. The van der Waals surface area contributed by atoms with E-state index < -0.39 is 6.29 Å². The first-order chi connectivity index (χ1) is 8.58. The number of hydrazine groups is 2. The van der Waals surface area contributed by atoms with Gasteiger partial charge in [-0.3, -0.25) is 5.73 Å². The fourth-order valence-corrected chi connectivity index (χ4v) is 2.37. The van der Waals surface area contributed by atoms with E-state index in [9.17, 15) is 0 Å². The molecule has 1 aliphatic heterocycles. The van der Waals surface area contributed by atoms with Gasteiger partial charge in [0.2, 0.25) is 0 Å². The second kappa shape index (κ2) is 5.48. The molecule has 0 saturated carbocycles. The fraction of sp³-hybridized carbons (Fsp3) is 0.200. The first-order valence-corrected chi connectivity index (χ1v) is 6.31. The highest BCUT2D eigenvalue weighted by Gasteiger charge is 2.31. The molecule has 1 atom stereocenters. The Bertz CT molecular complexity index is 507. The lowest BCUT2D eigenvalue weighted by molar-refractivity contribution is 0.0406. The molecule has 1 aromatic carbocycles. The minimum atomic E-state index is -0.559. The predicted octanol–water partition coefficient (Wildman–Crippen LogP) is 1.61. The summed E-state index contributed by atoms with van der Waals surface area (Å²) in [5.41, 5.74) is 10.9. The van der Waals surface area contributed by atoms with Crippen LogP contribution in [0.5, 0.6) is 0 Å². The molecule has 0 radical (unpaired) electrons. The molecule has 0 saturated heterocycles. The van der Waals surface area contributed by atoms with E-state index in [2.05, 4.69) is 10.4 Å². The lowest BCUT2D eigenvalue weighted by Gasteiger charge is -2.27. The van der Waals surface area contributed by atoms with Crippen LogP contribution in [0.25, 0.3) is 0 Å². The van der Waals surface area contributed by atoms with E-state index in [1.54, 1.807) is 35.4 Å². The molecule has 8 heteroatoms. The van der Waals surface area contributed by atoms with Crippen LogP contribution in [0.4, 0.5) is 0 Å². The van der Waals surface area contributed by atoms with Crippen molar-refractivity contribution in [1.29, 1.82) is 0 Å². The second-order valence-corrected chi connectivity index (χ2v) is 4.56. The summed E-state index contributed by atoms with van der Waals surface area (Å²) in [6.45, 7) is 0. The molecule has 96 valence electrons. The minimum absolute atomic E-state index is 0.494. The summed E-state index contributed by atoms with van der Waals surface area (Å²) in [7, 11) is 1.73. The molecule has 3 N–H and O–H groups in total. The van der Waals surface area contributed by atoms with E-state index in [4.69, 9.17) is 41.2 Å². The van der Waals surface area contributed by atoms with Gasteiger partial charge in [-0.2, -0.15) is 0 Å². The van der Waals surface area contributed by atoms with Crippen molar-refractivity contribution < 1.29 is 0 Å². The van der Waals surface area contributed by atoms with Crippen molar-refractivity contribution in [2.24, 2.45) is 10.7 Å². The van der Waals surface area contributed by atoms with Crippen molar-refractivity contribution in [2.75, 3.05) is 7.05 Å². The van der Waals surface area contributed by atoms with Gasteiger partial charge in [-0.15, -0.1) is 5.12 Å². The number of nitrogens with zero attached hydrogens (tertiary/aromatic N) is 3. The van der Waals surface area contributed by atoms with Gasteiger partial charge >= 0.3 is 0 Å². The summed E-state index contributed by atoms with van der Waals surface area (Å²) < 4.78 is 0. The van der Waals surface area contributed by atoms with E-state index in [1.807, 2.05) is 0 Å². The number of nitrogens with one attached hydrogen (secondary N) is 1. The summed E-state index contributed by atoms with van der Waals surface area (Å²) in [6, 6.07) is 5.16. The maximum absolute atomic E-state index is 6.15. The summed E-state index contributed by atoms with van der Waals surface area (Å²) in [6.07, 6.45) is -0.559. The van der Waals surface area contributed by atoms with Crippen molar-refractivity contribution in [3.05, 3.63) is 33.8 Å². The Balaban J connectivity index is 2.43. The summed E-state index contributed by atoms with van der Waals surface area (Å²) >= 11 is 17.0. The van der Waals surface area contributed by atoms with Crippen LogP contribution in [-0.4, -0.2) is 34.8 Å². The smallest absolute Gasteiger partial charge is 0.187 e. The molecule has 1 aromatic rings. The maximum atomic E-state index is 6.15. The lowest BCUT2D eigenvalue weighted by Crippen LogP contribution is -2.53. The van der Waals surface area contributed by atoms with Gasteiger partial charge in [-0.05, 0) is 18.2 Å². The molecular formula is C10H11Cl2N5S. The van der Waals surface area contributed by atoms with E-state index >= 15 is 0 Å². The minimum Gasteiger partial charge on any atom is -0.295 e. The third-order valence-electron chi connectivity index (χ3n) is 2.46. The zero-order valence-corrected chi connectivity index (χ0v) is 11.8. The Morgan fingerprint density at radius 3 is 2.78 bits per heavy atom. The van der Waals surface area contributed by atoms with Gasteiger partial charge < -0.3 is 0 Å². The number of halogens is 2. The number of nitrogens with two attached hydrogens (primary N) is 1. The van der Waals surface area contributed by atoms with E-state index in [0.717, 1.165) is 5.56 Å². The third-order valence-corrected chi connectivity index (χ3v) is 3.20. The number of amidine groups is 1. The quantitative estimate of drug-likeness (QED) is 0.831. The van der Waals surface area contributed by atoms with Gasteiger partial charge in [0.15, 0.2) is 12.1 Å². The van der Waals surface area contributed by atoms with Crippen LogP contribution in [0.2, 0.25) is 10.0 Å². The van der Waals surface area contributed by atoms with E-state index in [1.165, 1.54) is 5.49 Å². The number of thiocarbonyl (C=S) groups is 1. The molecule has 5 nitrogen and oxygen atoms in total. The van der Waals surface area contributed by atoms with Crippen LogP contribution < -0.4 is 11.2 Å². The Kier molecular flexibility index (Phi) is 4.16. The Hall–Kier alpha value is -0.760. The van der Waals surface area contributed by atoms with Gasteiger partial charge in [0.25, 0.3) is 0 Å². The number of aliphatic imine (C=N–C) groups is 1. The topological polar surface area (TPSA) is 56.9 Å². The standard InChI is InChI=1S/C10H11Cl2N5S/c1-14-17-10(13)15-9(16(17)5-18)7-3-2-6(11)4-8(7)12/h2-5,10,14H,13H2,1H3. The fourth-order valence-electron chi connectivity index (χ4n) is 1.67. The Morgan fingerprint density at radius 1 is 1.50 bits per heavy atom. The molecule has 18 heavy (non-hydrogen) atoms. The number of rotatable bonds is 3. The highest BCUT2D eigenvalue weighted by Crippen LogP contribution is 2.25. The van der Waals surface area contributed by atoms with Crippen molar-refractivity contribution in [2.45, 2.75) is 6.29 Å². The van der Waals surface area contributed by atoms with Crippen LogP contribution in [0.15, 0.2) is 23.2 Å². The van der Waals surface area contributed by atoms with Crippen LogP contribution >= 0.6 is 35.4 Å². The molecular weight excluding hydrogens is 293 g/mol. The lowest BCUT2D eigenvalue weighted by atomic mass is 10.2. The molecule has 0 aromatic heterocycles. The molecule has 1 aliphatic rings. The Morgan fingerprint density at radius 2 is 2.22 bits per heavy atom. The first-order valence-electron chi connectivity index (χ1n) is 5.08. The summed E-state index contributed by atoms with van der Waals surface area (Å²) in [4.78, 5) is 4.31. The summed E-state index contributed by atoms with van der Waals surface area (Å²) in [5, 5.41) is 4.27. The highest BCUT2D eigenvalue weighted by molar-refractivity contribution is 7.78. The number of benzene rings is 1. The Labute approximate surface area is 120 Å². The SMILES string of the molecule is CNN1C(N)N=C(c2ccc(Cl)cc2Cl)N1C=S. The van der Waals surface area contributed by atoms with Gasteiger partial charge in [0, 0.05) is 17.6 Å². The molecule has 0 bridgehead atoms. The average molecular weight is 304 g/mol. The van der Waals surface area contributed by atoms with Gasteiger partial charge in [-0.25, -0.2) is 15.4 Å². The molecule has 0 spiro atoms. The summed E-state index contributed by atoms with van der Waals surface area (Å²) in [5.74, 6) is 0.577. The number of hydrogen-bond acceptors (Lipinski definition) is 5. The van der Waals surface area contributed by atoms with E-state index in [0.29, 0.717) is 15.9 Å². The first kappa shape index (κ1) is 13.7. The van der Waals surface area contributed by atoms with Crippen LogP contribution in [0.3, 0.4) is 0 Å². The third kappa shape index (κ3) is 2.35. The molecule has 0 amide bonds. The van der Waals surface area contributed by atoms with Crippen molar-refractivity contribution in [3.8, 4) is 0 Å². The van der Waals surface area contributed by atoms with Gasteiger partial charge in [0.1, 0.15) is 0 Å². The average Bonchev–Trinajstić information content (AvgIpc) is 2.65. The largest absolute Gasteiger partial charge is 0.295 e. The van der Waals surface area contributed by atoms with Crippen LogP contribution in [-0.2, 0) is 0 Å². The van der Waals surface area contributed by atoms with Crippen LogP contribution in [0, 0.1) is 0 Å². The second-order valence-electron chi connectivity index (χ2n) is 3.51. The van der Waals surface area contributed by atoms with Crippen molar-refractivity contribution >= 4 is 46.7 Å². The molecule has 0 fully saturated rings. The van der Waals surface area contributed by atoms with Gasteiger partial charge in [-0.1, -0.05) is 35.4 Å². The van der Waals surface area contributed by atoms with Crippen molar-refractivity contribution in [1.82, 2.24) is 15.6 Å². The molecule has 1 heterocycles. The maximum Gasteiger partial charge on any atom is 0.187 e. The normalized spacial score (nSPS) is 20.1. The number of hydrogen-bond donors (Lipinski definition) is 2. The van der Waals surface area contributed by atoms with Crippen LogP contribution in [0.1, 0.15) is 5.56 Å². The van der Waals surface area contributed by atoms with Crippen molar-refractivity contribution in [3.63, 3.8) is 0 Å². The zero-order chi connectivity index (χ0) is 13.3. The zero-order valence-electron chi connectivity index (χ0n) is 9.47.